The third-order valence-electron chi connectivity index (χ3n) is 20.6. The number of hydrogen-bond donors (Lipinski definition) is 0. The number of nitrogens with zero attached hydrogens (tertiary/aromatic N) is 2. The lowest BCUT2D eigenvalue weighted by Crippen LogP contribution is -2.74. The van der Waals surface area contributed by atoms with Gasteiger partial charge in [-0.15, -0.1) is 0 Å². The molecular formula is C92H80N2OSi3. The molecule has 0 N–H and O–H groups in total. The van der Waals surface area contributed by atoms with Gasteiger partial charge in [0.05, 0.1) is 22.1 Å². The molecule has 2 unspecified atom stereocenters. The van der Waals surface area contributed by atoms with Crippen molar-refractivity contribution in [3.05, 3.63) is 374 Å². The molecule has 2 atom stereocenters. The molecule has 476 valence electrons. The average molecular weight is 1310 g/mol. The molecule has 16 rings (SSSR count). The van der Waals surface area contributed by atoms with Crippen molar-refractivity contribution in [2.24, 2.45) is 0 Å². The van der Waals surface area contributed by atoms with Crippen LogP contribution in [0.15, 0.2) is 352 Å². The first kappa shape index (κ1) is 63.4. The zero-order valence-electron chi connectivity index (χ0n) is 56.7. The minimum Gasteiger partial charge on any atom is -0.442 e. The van der Waals surface area contributed by atoms with Gasteiger partial charge >= 0.3 is 0 Å². The van der Waals surface area contributed by atoms with E-state index in [1.165, 1.54) is 135 Å². The zero-order chi connectivity index (χ0) is 66.8. The van der Waals surface area contributed by atoms with Gasteiger partial charge in [-0.2, -0.15) is 0 Å². The standard InChI is InChI=1S/C46H41NOSi2.C46H39NSi/c1-4-35-23-25-36(26-24-35)37-27-31-41(32-28-37)49(2,39-15-7-5-8-16-39)48-50(3,40-17-9-6-10-18-40)42-33-29-38(30-34-42)47-45-21-13-11-19-43(45)44-20-12-14-22-46(44)47;1-4-35-17-19-36(20-18-35)37-21-29-41(30-22-37)48(39-25-13-33(2)14-26-39,40-27-15-34(3)16-28-40)42-31-23-38(24-32-42)47-45-11-7-5-9-43(45)44-10-6-8-12-46(44)47/h5-34H,4H2,1-3H3;5-32H,4H2,1-3H3. The average Bonchev–Trinajstić information content (AvgIpc) is 1.15. The molecule has 2 heterocycles. The van der Waals surface area contributed by atoms with Gasteiger partial charge in [0.25, 0.3) is 0 Å². The lowest BCUT2D eigenvalue weighted by molar-refractivity contribution is 0.587. The van der Waals surface area contributed by atoms with E-state index >= 15 is 0 Å². The van der Waals surface area contributed by atoms with Gasteiger partial charge in [0.2, 0.25) is 16.6 Å². The Labute approximate surface area is 580 Å². The number of aromatic nitrogens is 2. The summed E-state index contributed by atoms with van der Waals surface area (Å²) in [6, 6.07) is 131. The van der Waals surface area contributed by atoms with E-state index in [2.05, 4.69) is 402 Å². The third kappa shape index (κ3) is 11.7. The fourth-order valence-electron chi connectivity index (χ4n) is 15.0. The molecule has 0 bridgehead atoms. The first-order valence-electron chi connectivity index (χ1n) is 34.6. The molecule has 6 heteroatoms. The fraction of sp³-hybridized carbons (Fsp3) is 0.0870. The van der Waals surface area contributed by atoms with Crippen LogP contribution >= 0.6 is 0 Å². The number of fused-ring (bicyclic) bond motifs is 6. The Morgan fingerprint density at radius 3 is 0.786 bits per heavy atom. The van der Waals surface area contributed by atoms with Crippen molar-refractivity contribution < 1.29 is 4.12 Å². The van der Waals surface area contributed by atoms with Crippen LogP contribution in [-0.4, -0.2) is 33.8 Å². The Morgan fingerprint density at radius 2 is 0.480 bits per heavy atom. The number of hydrogen-bond acceptors (Lipinski definition) is 1. The van der Waals surface area contributed by atoms with Gasteiger partial charge in [0.1, 0.15) is 0 Å². The maximum absolute atomic E-state index is 7.89. The fourth-order valence-corrected chi connectivity index (χ4v) is 28.8. The molecule has 0 amide bonds. The predicted octanol–water partition coefficient (Wildman–Crippen LogP) is 18.1. The smallest absolute Gasteiger partial charge is 0.242 e. The molecule has 3 nitrogen and oxygen atoms in total. The maximum Gasteiger partial charge on any atom is 0.242 e. The zero-order valence-corrected chi connectivity index (χ0v) is 59.7. The molecule has 14 aromatic carbocycles. The highest BCUT2D eigenvalue weighted by molar-refractivity contribution is 7.20. The molecule has 0 aliphatic rings. The summed E-state index contributed by atoms with van der Waals surface area (Å²) in [4.78, 5) is 0. The van der Waals surface area contributed by atoms with Crippen LogP contribution in [0, 0.1) is 13.8 Å². The highest BCUT2D eigenvalue weighted by atomic mass is 28.4. The van der Waals surface area contributed by atoms with E-state index in [4.69, 9.17) is 4.12 Å². The van der Waals surface area contributed by atoms with Crippen molar-refractivity contribution in [1.82, 2.24) is 9.13 Å². The van der Waals surface area contributed by atoms with Gasteiger partial charge in [0, 0.05) is 32.9 Å². The first-order valence-corrected chi connectivity index (χ1v) is 41.4. The normalized spacial score (nSPS) is 12.9. The summed E-state index contributed by atoms with van der Waals surface area (Å²) in [7, 11) is -8.19. The van der Waals surface area contributed by atoms with Crippen LogP contribution in [0.25, 0.3) is 77.2 Å². The summed E-state index contributed by atoms with van der Waals surface area (Å²) in [6.07, 6.45) is 2.10. The minimum atomic E-state index is -2.75. The van der Waals surface area contributed by atoms with Crippen molar-refractivity contribution in [3.63, 3.8) is 0 Å². The van der Waals surface area contributed by atoms with E-state index in [-0.39, 0.29) is 0 Å². The van der Waals surface area contributed by atoms with Gasteiger partial charge in [-0.3, -0.25) is 0 Å². The Morgan fingerprint density at radius 1 is 0.245 bits per heavy atom. The highest BCUT2D eigenvalue weighted by Gasteiger charge is 2.46. The Bertz CT molecular complexity index is 5270. The number of rotatable bonds is 16. The van der Waals surface area contributed by atoms with Crippen molar-refractivity contribution >= 4 is 110 Å². The Hall–Kier alpha value is -10.7. The Kier molecular flexibility index (Phi) is 17.5. The molecule has 2 aromatic heterocycles. The van der Waals surface area contributed by atoms with Crippen LogP contribution in [0.3, 0.4) is 0 Å². The van der Waals surface area contributed by atoms with Crippen molar-refractivity contribution in [1.29, 1.82) is 0 Å². The maximum atomic E-state index is 7.89. The second kappa shape index (κ2) is 27.1. The largest absolute Gasteiger partial charge is 0.442 e. The molecule has 0 aliphatic heterocycles. The second-order valence-electron chi connectivity index (χ2n) is 26.5. The van der Waals surface area contributed by atoms with Gasteiger partial charge in [-0.05, 0) is 163 Å². The summed E-state index contributed by atoms with van der Waals surface area (Å²) in [5.74, 6) is 0. The van der Waals surface area contributed by atoms with Crippen LogP contribution in [0.2, 0.25) is 13.1 Å². The number of para-hydroxylation sites is 4. The summed E-state index contributed by atoms with van der Waals surface area (Å²) >= 11 is 0. The molecule has 0 spiro atoms. The van der Waals surface area contributed by atoms with E-state index in [0.29, 0.717) is 0 Å². The van der Waals surface area contributed by atoms with Crippen LogP contribution < -0.4 is 41.5 Å². The topological polar surface area (TPSA) is 19.1 Å². The van der Waals surface area contributed by atoms with Crippen LogP contribution in [-0.2, 0) is 17.0 Å². The highest BCUT2D eigenvalue weighted by Crippen LogP contribution is 2.34. The van der Waals surface area contributed by atoms with E-state index in [1.807, 2.05) is 0 Å². The molecule has 0 saturated carbocycles. The lowest BCUT2D eigenvalue weighted by Gasteiger charge is -2.39. The molecule has 16 aromatic rings. The van der Waals surface area contributed by atoms with Crippen molar-refractivity contribution in [3.8, 4) is 33.6 Å². The Balaban J connectivity index is 0.000000160. The summed E-state index contributed by atoms with van der Waals surface area (Å²) in [5.41, 5.74) is 17.5. The summed E-state index contributed by atoms with van der Waals surface area (Å²) < 4.78 is 12.7. The van der Waals surface area contributed by atoms with Gasteiger partial charge in [0.15, 0.2) is 8.07 Å². The second-order valence-corrected chi connectivity index (χ2v) is 37.5. The van der Waals surface area contributed by atoms with E-state index < -0.39 is 24.7 Å². The van der Waals surface area contributed by atoms with Gasteiger partial charge in [-0.25, -0.2) is 0 Å². The first-order chi connectivity index (χ1) is 48.0. The summed E-state index contributed by atoms with van der Waals surface area (Å²) in [5, 5.41) is 15.7. The minimum absolute atomic E-state index is 1.05. The van der Waals surface area contributed by atoms with E-state index in [9.17, 15) is 0 Å². The third-order valence-corrected chi connectivity index (χ3v) is 34.4. The van der Waals surface area contributed by atoms with Crippen LogP contribution in [0.1, 0.15) is 36.1 Å². The molecule has 0 radical (unpaired) electrons. The SMILES string of the molecule is CCc1ccc(-c2ccc([Si](C)(O[Si](C)(c3ccccc3)c3ccc(-n4c5ccccc5c5ccccc54)cc3)c3ccccc3)cc2)cc1.CCc1ccc(-c2ccc([Si](c3ccc(C)cc3)(c3ccc(C)cc3)c3ccc(-n4c5ccccc5c5ccccc54)cc3)cc2)cc1. The molecule has 98 heavy (non-hydrogen) atoms. The van der Waals surface area contributed by atoms with E-state index in [0.717, 1.165) is 18.5 Å². The van der Waals surface area contributed by atoms with Gasteiger partial charge < -0.3 is 13.2 Å². The number of benzene rings is 14. The van der Waals surface area contributed by atoms with E-state index in [1.54, 1.807) is 0 Å². The molecule has 0 fully saturated rings. The molecular weight excluding hydrogens is 1230 g/mol. The number of aryl methyl sites for hydroxylation is 4. The predicted molar refractivity (Wildman–Crippen MR) is 426 cm³/mol. The molecule has 0 saturated heterocycles. The lowest BCUT2D eigenvalue weighted by atomic mass is 10.0. The van der Waals surface area contributed by atoms with Crippen LogP contribution in [0.5, 0.6) is 0 Å². The van der Waals surface area contributed by atoms with Crippen molar-refractivity contribution in [2.45, 2.75) is 53.6 Å². The van der Waals surface area contributed by atoms with Crippen LogP contribution in [0.4, 0.5) is 0 Å². The van der Waals surface area contributed by atoms with Crippen molar-refractivity contribution in [2.75, 3.05) is 0 Å². The van der Waals surface area contributed by atoms with Gasteiger partial charge in [-0.1, -0.05) is 328 Å². The quantitative estimate of drug-likeness (QED) is 0.0697. The molecule has 0 aliphatic carbocycles. The monoisotopic (exact) mass is 1310 g/mol. The summed E-state index contributed by atoms with van der Waals surface area (Å²) in [6.45, 7) is 13.5.